The van der Waals surface area contributed by atoms with E-state index in [0.717, 1.165) is 0 Å². The van der Waals surface area contributed by atoms with E-state index in [4.69, 9.17) is 6.42 Å². The minimum atomic E-state index is 0.628. The van der Waals surface area contributed by atoms with Crippen LogP contribution < -0.4 is 0 Å². The molecule has 0 spiro atoms. The van der Waals surface area contributed by atoms with Crippen molar-refractivity contribution < 1.29 is 9.47 Å². The molecule has 0 saturated carbocycles. The molecule has 4 heteroatoms. The molecular weight excluding hydrogens is 456 g/mol. The molecule has 0 bridgehead atoms. The first kappa shape index (κ1) is 11.2. The van der Waals surface area contributed by atoms with Crippen LogP contribution in [0.2, 0.25) is 0 Å². The topological polar surface area (TPSA) is 0 Å². The Bertz CT molecular complexity index is 38.5. The zero-order valence-electron chi connectivity index (χ0n) is 2.58. The average molecular weight is 456 g/mol. The molecule has 0 aromatic rings. The van der Waals surface area contributed by atoms with Crippen molar-refractivity contribution in [1.82, 2.24) is 0 Å². The van der Waals surface area contributed by atoms with Crippen molar-refractivity contribution >= 4 is 62.5 Å². The van der Waals surface area contributed by atoms with E-state index in [2.05, 4.69) is 40.0 Å². The predicted octanol–water partition coefficient (Wildman–Crippen LogP) is 2.74. The number of hydrogen-bond acceptors (Lipinski definition) is 0. The van der Waals surface area contributed by atoms with Gasteiger partial charge in [-0.1, -0.05) is 0 Å². The summed E-state index contributed by atoms with van der Waals surface area (Å²) in [5.41, 5.74) is 0. The SMILES string of the molecule is [C-]#CI.[I][V][I]. The zero-order chi connectivity index (χ0) is 5.41. The molecule has 0 radical (unpaired) electrons. The summed E-state index contributed by atoms with van der Waals surface area (Å²) in [4.78, 5) is 0. The van der Waals surface area contributed by atoms with Gasteiger partial charge in [-0.15, -0.1) is 0 Å². The van der Waals surface area contributed by atoms with Gasteiger partial charge in [-0.05, 0) is 22.6 Å². The second kappa shape index (κ2) is 15.7. The van der Waals surface area contributed by atoms with Gasteiger partial charge in [0.25, 0.3) is 0 Å². The van der Waals surface area contributed by atoms with E-state index in [1.807, 2.05) is 3.93 Å². The van der Waals surface area contributed by atoms with Crippen molar-refractivity contribution in [2.75, 3.05) is 0 Å². The summed E-state index contributed by atoms with van der Waals surface area (Å²) in [5.74, 6) is 0. The Morgan fingerprint density at radius 3 is 1.50 bits per heavy atom. The number of hydrogen-bond donors (Lipinski definition) is 0. The molecule has 0 aliphatic heterocycles. The molecule has 0 aliphatic carbocycles. The minimum absolute atomic E-state index is 0.628. The third-order valence-corrected chi connectivity index (χ3v) is 0. The van der Waals surface area contributed by atoms with Crippen molar-refractivity contribution in [3.63, 3.8) is 0 Å². The monoisotopic (exact) mass is 456 g/mol. The van der Waals surface area contributed by atoms with Gasteiger partial charge in [0, 0.05) is 0 Å². The van der Waals surface area contributed by atoms with E-state index in [1.165, 1.54) is 0 Å². The van der Waals surface area contributed by atoms with Gasteiger partial charge in [-0.3, -0.25) is 3.93 Å². The molecule has 0 aliphatic rings. The van der Waals surface area contributed by atoms with Crippen LogP contribution in [0.15, 0.2) is 0 Å². The van der Waals surface area contributed by atoms with Crippen LogP contribution in [0, 0.1) is 10.4 Å². The molecule has 0 aromatic carbocycles. The molecular formula is C2I3V-. The summed E-state index contributed by atoms with van der Waals surface area (Å²) in [6, 6.07) is 0. The number of rotatable bonds is 0. The first-order chi connectivity index (χ1) is 2.83. The van der Waals surface area contributed by atoms with E-state index in [1.54, 1.807) is 22.6 Å². The fraction of sp³-hybridized carbons (Fsp3) is 0. The van der Waals surface area contributed by atoms with Crippen molar-refractivity contribution in [3.8, 4) is 3.93 Å². The third kappa shape index (κ3) is 33.1. The summed E-state index contributed by atoms with van der Waals surface area (Å²) in [5, 5.41) is 0. The maximum atomic E-state index is 5.94. The zero-order valence-corrected chi connectivity index (χ0v) is 10.5. The Kier molecular flexibility index (Phi) is 29.2. The molecule has 0 heterocycles. The molecule has 0 unspecified atom stereocenters. The molecule has 6 heavy (non-hydrogen) atoms. The molecule has 0 atom stereocenters. The van der Waals surface area contributed by atoms with Gasteiger partial charge < -0.3 is 6.42 Å². The summed E-state index contributed by atoms with van der Waals surface area (Å²) in [6.45, 7) is 0. The van der Waals surface area contributed by atoms with Crippen molar-refractivity contribution in [3.05, 3.63) is 6.42 Å². The van der Waals surface area contributed by atoms with Crippen LogP contribution in [-0.4, -0.2) is 0 Å². The Hall–Kier alpha value is 2.33. The molecule has 0 rings (SSSR count). The first-order valence-electron chi connectivity index (χ1n) is 0.777. The van der Waals surface area contributed by atoms with Crippen LogP contribution in [0.3, 0.4) is 0 Å². The van der Waals surface area contributed by atoms with Gasteiger partial charge >= 0.3 is 49.4 Å². The second-order valence-electron chi connectivity index (χ2n) is 0.158. The summed E-state index contributed by atoms with van der Waals surface area (Å²) < 4.78 is 1.97. The van der Waals surface area contributed by atoms with Crippen LogP contribution in [0.5, 0.6) is 0 Å². The standard InChI is InChI=1S/C2I.2HI.V/c1-2-3;;;/h;2*1H;/q-1;;;+2/p-2. The van der Waals surface area contributed by atoms with Gasteiger partial charge in [0.05, 0.1) is 0 Å². The van der Waals surface area contributed by atoms with Crippen molar-refractivity contribution in [2.24, 2.45) is 0 Å². The Morgan fingerprint density at radius 1 is 1.50 bits per heavy atom. The van der Waals surface area contributed by atoms with Crippen LogP contribution in [-0.2, 0) is 9.47 Å². The number of halogens is 3. The molecule has 0 aromatic heterocycles. The van der Waals surface area contributed by atoms with Gasteiger partial charge in [0.15, 0.2) is 0 Å². The Labute approximate surface area is 80.6 Å². The van der Waals surface area contributed by atoms with E-state index >= 15 is 0 Å². The van der Waals surface area contributed by atoms with Gasteiger partial charge in [0.2, 0.25) is 0 Å². The quantitative estimate of drug-likeness (QED) is 0.299. The second-order valence-corrected chi connectivity index (χ2v) is 12.5. The van der Waals surface area contributed by atoms with Gasteiger partial charge in [0.1, 0.15) is 0 Å². The molecule has 0 N–H and O–H groups in total. The van der Waals surface area contributed by atoms with Crippen LogP contribution >= 0.6 is 62.5 Å². The van der Waals surface area contributed by atoms with Gasteiger partial charge in [-0.25, -0.2) is 0 Å². The molecule has 0 amide bonds. The first-order valence-corrected chi connectivity index (χ1v) is 10.9. The van der Waals surface area contributed by atoms with E-state index in [9.17, 15) is 0 Å². The van der Waals surface area contributed by atoms with Crippen molar-refractivity contribution in [2.45, 2.75) is 0 Å². The fourth-order valence-electron chi connectivity index (χ4n) is 0. The molecule has 35 valence electrons. The summed E-state index contributed by atoms with van der Waals surface area (Å²) in [7, 11) is 0.628. The molecule has 0 nitrogen and oxygen atoms in total. The third-order valence-electron chi connectivity index (χ3n) is 0. The van der Waals surface area contributed by atoms with Gasteiger partial charge in [-0.2, -0.15) is 0 Å². The van der Waals surface area contributed by atoms with E-state index in [0.29, 0.717) is 9.47 Å². The van der Waals surface area contributed by atoms with Crippen LogP contribution in [0.25, 0.3) is 0 Å². The summed E-state index contributed by atoms with van der Waals surface area (Å²) in [6.07, 6.45) is 5.94. The summed E-state index contributed by atoms with van der Waals surface area (Å²) >= 11 is 6.44. The maximum absolute atomic E-state index is 5.94. The normalized spacial score (nSPS) is 3.67. The van der Waals surface area contributed by atoms with Crippen molar-refractivity contribution in [1.29, 1.82) is 0 Å². The molecule has 0 saturated heterocycles. The van der Waals surface area contributed by atoms with Crippen LogP contribution in [0.1, 0.15) is 0 Å². The Balaban J connectivity index is 0. The van der Waals surface area contributed by atoms with Crippen LogP contribution in [0.4, 0.5) is 0 Å². The molecule has 0 fully saturated rings. The average Bonchev–Trinajstić information content (AvgIpc) is 1.39. The van der Waals surface area contributed by atoms with E-state index in [-0.39, 0.29) is 0 Å². The van der Waals surface area contributed by atoms with E-state index < -0.39 is 0 Å². The fourth-order valence-corrected chi connectivity index (χ4v) is 0. The Morgan fingerprint density at radius 2 is 1.50 bits per heavy atom. The predicted molar refractivity (Wildman–Crippen MR) is 49.2 cm³/mol.